The first-order valence-electron chi connectivity index (χ1n) is 19.5. The van der Waals surface area contributed by atoms with Crippen LogP contribution in [0.1, 0.15) is 60.0 Å². The minimum Gasteiger partial charge on any atom is -0.350 e. The third-order valence-electron chi connectivity index (χ3n) is 10.6. The smallest absolute Gasteiger partial charge is 0.290 e. The summed E-state index contributed by atoms with van der Waals surface area (Å²) in [7, 11) is -5.97. The van der Waals surface area contributed by atoms with Crippen LogP contribution in [0.3, 0.4) is 0 Å². The number of aldehydes is 1. The molecule has 306 valence electrons. The van der Waals surface area contributed by atoms with Crippen LogP contribution in [0.25, 0.3) is 0 Å². The predicted molar refractivity (Wildman–Crippen MR) is 222 cm³/mol. The van der Waals surface area contributed by atoms with E-state index in [0.717, 1.165) is 31.4 Å². The van der Waals surface area contributed by atoms with Gasteiger partial charge >= 0.3 is 0 Å². The molecule has 2 saturated heterocycles. The van der Waals surface area contributed by atoms with E-state index in [-0.39, 0.29) is 53.0 Å². The van der Waals surface area contributed by atoms with Gasteiger partial charge in [-0.15, -0.1) is 0 Å². The van der Waals surface area contributed by atoms with E-state index in [1.54, 1.807) is 16.0 Å². The number of hydrogen-bond donors (Lipinski definition) is 4. The number of H-pyrrole nitrogens is 2. The average Bonchev–Trinajstić information content (AvgIpc) is 4.15. The van der Waals surface area contributed by atoms with Crippen molar-refractivity contribution >= 4 is 37.6 Å². The Morgan fingerprint density at radius 2 is 1.16 bits per heavy atom. The summed E-state index contributed by atoms with van der Waals surface area (Å²) in [5.41, 5.74) is 9.35. The maximum absolute atomic E-state index is 12.1. The molecule has 4 fully saturated rings. The second kappa shape index (κ2) is 19.2. The van der Waals surface area contributed by atoms with Crippen molar-refractivity contribution in [2.75, 3.05) is 65.5 Å². The van der Waals surface area contributed by atoms with Gasteiger partial charge in [-0.2, -0.15) is 0 Å². The van der Waals surface area contributed by atoms with Crippen LogP contribution >= 0.6 is 0 Å². The lowest BCUT2D eigenvalue weighted by atomic mass is 10.1. The Balaban J connectivity index is 0.000000162. The molecule has 0 radical (unpaired) electrons. The monoisotopic (exact) mass is 820 g/mol. The van der Waals surface area contributed by atoms with Crippen LogP contribution in [0.4, 0.5) is 11.6 Å². The summed E-state index contributed by atoms with van der Waals surface area (Å²) in [6.07, 6.45) is 8.79. The highest BCUT2D eigenvalue weighted by molar-refractivity contribution is 7.91. The van der Waals surface area contributed by atoms with Crippen molar-refractivity contribution in [3.63, 3.8) is 0 Å². The first kappa shape index (κ1) is 41.9. The standard InChI is InChI=1S/C20H26N4O3S.C11H15N3O4S.C9H11N/c25-20-19(24-9-11-28(26,27)12-10-24)23-16(14-22-20)7-4-8-21-18-13-17(18)15-5-2-1-3-6-15;15-5-1-2-9-8-12-11(16)10(13-9)14-3-6-19(17,18)7-4-14;10-9-6-8(9)7-4-2-1-3-5-7/h1-3,5-6,14,17-18,21H,4,7-13H2,(H,22,25);5,8H,1-4,6-7H2,(H,12,16);1-5,8-9H,6,10H2/t17-,18+;;8-,9+/m0.0/s1. The largest absolute Gasteiger partial charge is 0.350 e. The second-order valence-corrected chi connectivity index (χ2v) is 19.5. The second-order valence-electron chi connectivity index (χ2n) is 14.9. The minimum absolute atomic E-state index is 0.0344. The van der Waals surface area contributed by atoms with Gasteiger partial charge in [0.2, 0.25) is 0 Å². The van der Waals surface area contributed by atoms with Crippen LogP contribution in [0.2, 0.25) is 0 Å². The number of carbonyl (C=O) groups excluding carboxylic acids is 1. The Bertz CT molecular complexity index is 2260. The molecule has 4 heterocycles. The third kappa shape index (κ3) is 12.4. The fraction of sp³-hybridized carbons (Fsp3) is 0.475. The number of rotatable bonds is 12. The van der Waals surface area contributed by atoms with Crippen molar-refractivity contribution < 1.29 is 21.6 Å². The Morgan fingerprint density at radius 3 is 1.61 bits per heavy atom. The molecule has 4 atom stereocenters. The third-order valence-corrected chi connectivity index (χ3v) is 13.8. The number of aromatic nitrogens is 4. The maximum Gasteiger partial charge on any atom is 0.290 e. The summed E-state index contributed by atoms with van der Waals surface area (Å²) in [4.78, 5) is 51.6. The highest BCUT2D eigenvalue weighted by Gasteiger charge is 2.37. The fourth-order valence-corrected chi connectivity index (χ4v) is 9.35. The van der Waals surface area contributed by atoms with Gasteiger partial charge in [0.25, 0.3) is 11.1 Å². The highest BCUT2D eigenvalue weighted by Crippen LogP contribution is 2.40. The van der Waals surface area contributed by atoms with Crippen molar-refractivity contribution in [1.82, 2.24) is 25.3 Å². The molecule has 0 spiro atoms. The quantitative estimate of drug-likeness (QED) is 0.118. The number of benzene rings is 2. The lowest BCUT2D eigenvalue weighted by molar-refractivity contribution is -0.107. The van der Waals surface area contributed by atoms with Crippen LogP contribution in [0, 0.1) is 0 Å². The molecular formula is C40H52N8O7S2. The molecule has 5 N–H and O–H groups in total. The van der Waals surface area contributed by atoms with E-state index >= 15 is 0 Å². The molecule has 2 aromatic heterocycles. The molecule has 0 amide bonds. The highest BCUT2D eigenvalue weighted by atomic mass is 32.2. The van der Waals surface area contributed by atoms with E-state index in [0.29, 0.717) is 61.4 Å². The summed E-state index contributed by atoms with van der Waals surface area (Å²) in [5, 5.41) is 3.60. The number of aromatic amines is 2. The summed E-state index contributed by atoms with van der Waals surface area (Å²) in [6, 6.07) is 22.0. The molecule has 8 rings (SSSR count). The number of nitrogens with two attached hydrogens (primary N) is 1. The summed E-state index contributed by atoms with van der Waals surface area (Å²) >= 11 is 0. The van der Waals surface area contributed by atoms with Gasteiger partial charge in [0.1, 0.15) is 6.29 Å². The summed E-state index contributed by atoms with van der Waals surface area (Å²) < 4.78 is 45.9. The van der Waals surface area contributed by atoms with Crippen molar-refractivity contribution in [2.45, 2.75) is 62.4 Å². The summed E-state index contributed by atoms with van der Waals surface area (Å²) in [6.45, 7) is 2.11. The molecule has 2 aromatic carbocycles. The number of aryl methyl sites for hydroxylation is 2. The molecule has 2 aliphatic carbocycles. The van der Waals surface area contributed by atoms with E-state index < -0.39 is 19.7 Å². The molecule has 15 nitrogen and oxygen atoms in total. The zero-order chi connectivity index (χ0) is 40.4. The molecule has 0 bridgehead atoms. The first-order valence-corrected chi connectivity index (χ1v) is 23.2. The van der Waals surface area contributed by atoms with Gasteiger partial charge in [-0.3, -0.25) is 9.59 Å². The molecule has 57 heavy (non-hydrogen) atoms. The van der Waals surface area contributed by atoms with Crippen molar-refractivity contribution in [3.8, 4) is 0 Å². The van der Waals surface area contributed by atoms with E-state index in [1.807, 2.05) is 12.1 Å². The molecule has 4 aliphatic rings. The van der Waals surface area contributed by atoms with E-state index in [9.17, 15) is 31.2 Å². The van der Waals surface area contributed by atoms with Crippen molar-refractivity contribution in [2.24, 2.45) is 5.73 Å². The Labute approximate surface area is 333 Å². The fourth-order valence-electron chi connectivity index (χ4n) is 6.95. The van der Waals surface area contributed by atoms with Gasteiger partial charge in [-0.1, -0.05) is 60.7 Å². The topological polar surface area (TPSA) is 221 Å². The average molecular weight is 821 g/mol. The zero-order valence-corrected chi connectivity index (χ0v) is 33.6. The van der Waals surface area contributed by atoms with Gasteiger partial charge < -0.3 is 35.6 Å². The SMILES string of the molecule is N[C@@H]1C[C@H]1c1ccccc1.O=CCCc1c[nH]c(=O)c(N2CCS(=O)(=O)CC2)n1.O=c1[nH]cc(CCCN[C@@H]2C[C@H]2c2ccccc2)nc1N1CCS(=O)(=O)CC1. The predicted octanol–water partition coefficient (Wildman–Crippen LogP) is 1.72. The maximum atomic E-state index is 12.1. The van der Waals surface area contributed by atoms with Gasteiger partial charge in [0, 0.05) is 68.9 Å². The van der Waals surface area contributed by atoms with Gasteiger partial charge in [0.05, 0.1) is 34.4 Å². The molecule has 2 aliphatic heterocycles. The zero-order valence-electron chi connectivity index (χ0n) is 32.0. The van der Waals surface area contributed by atoms with Crippen molar-refractivity contribution in [1.29, 1.82) is 0 Å². The van der Waals surface area contributed by atoms with Crippen molar-refractivity contribution in [3.05, 3.63) is 116 Å². The van der Waals surface area contributed by atoms with E-state index in [1.165, 1.54) is 30.2 Å². The van der Waals surface area contributed by atoms with E-state index in [4.69, 9.17) is 5.73 Å². The normalized spacial score (nSPS) is 22.9. The number of sulfone groups is 2. The molecule has 0 unspecified atom stereocenters. The van der Waals surface area contributed by atoms with Crippen LogP contribution in [-0.4, -0.2) is 111 Å². The Hall–Kier alpha value is -4.71. The summed E-state index contributed by atoms with van der Waals surface area (Å²) in [5.74, 6) is 2.07. The number of hydrogen-bond acceptors (Lipinski definition) is 13. The van der Waals surface area contributed by atoms with Crippen LogP contribution in [0.5, 0.6) is 0 Å². The molecule has 2 saturated carbocycles. The van der Waals surface area contributed by atoms with Gasteiger partial charge in [-0.05, 0) is 49.8 Å². The Kier molecular flexibility index (Phi) is 14.1. The van der Waals surface area contributed by atoms with Gasteiger partial charge in [-0.25, -0.2) is 26.8 Å². The number of carbonyl (C=O) groups is 1. The molecular weight excluding hydrogens is 769 g/mol. The number of nitrogens with one attached hydrogen (secondary N) is 3. The minimum atomic E-state index is -2.99. The number of anilines is 2. The van der Waals surface area contributed by atoms with Crippen LogP contribution in [-0.2, 0) is 37.3 Å². The molecule has 17 heteroatoms. The van der Waals surface area contributed by atoms with Gasteiger partial charge in [0.15, 0.2) is 31.3 Å². The lowest BCUT2D eigenvalue weighted by Gasteiger charge is -2.27. The molecule has 4 aromatic rings. The number of nitrogens with zero attached hydrogens (tertiary/aromatic N) is 4. The van der Waals surface area contributed by atoms with Crippen LogP contribution < -0.4 is 32.0 Å². The first-order chi connectivity index (χ1) is 27.4. The van der Waals surface area contributed by atoms with Crippen LogP contribution in [0.15, 0.2) is 82.6 Å². The lowest BCUT2D eigenvalue weighted by Crippen LogP contribution is -2.43. The Morgan fingerprint density at radius 1 is 0.702 bits per heavy atom. The van der Waals surface area contributed by atoms with E-state index in [2.05, 4.69) is 73.8 Å².